The van der Waals surface area contributed by atoms with Gasteiger partial charge in [0, 0.05) is 55.9 Å². The Morgan fingerprint density at radius 3 is 3.00 bits per heavy atom. The SMILES string of the molecule is CN1CCC(CNC(=O)c2ccnc(-n3ccnc3)c2)c2ccccc21. The van der Waals surface area contributed by atoms with Gasteiger partial charge in [-0.2, -0.15) is 0 Å². The molecule has 0 spiro atoms. The molecule has 4 rings (SSSR count). The first kappa shape index (κ1) is 16.3. The number of pyridine rings is 1. The number of nitrogens with zero attached hydrogens (tertiary/aromatic N) is 4. The van der Waals surface area contributed by atoms with E-state index in [1.165, 1.54) is 11.3 Å². The molecule has 26 heavy (non-hydrogen) atoms. The number of nitrogens with one attached hydrogen (secondary N) is 1. The van der Waals surface area contributed by atoms with Gasteiger partial charge in [0.15, 0.2) is 0 Å². The minimum Gasteiger partial charge on any atom is -0.374 e. The van der Waals surface area contributed by atoms with Gasteiger partial charge in [0.05, 0.1) is 0 Å². The molecule has 6 heteroatoms. The lowest BCUT2D eigenvalue weighted by Crippen LogP contribution is -2.34. The van der Waals surface area contributed by atoms with Gasteiger partial charge in [0.1, 0.15) is 12.1 Å². The second-order valence-electron chi connectivity index (χ2n) is 6.55. The van der Waals surface area contributed by atoms with Gasteiger partial charge in [0.2, 0.25) is 0 Å². The van der Waals surface area contributed by atoms with Crippen LogP contribution in [0.15, 0.2) is 61.3 Å². The van der Waals surface area contributed by atoms with Gasteiger partial charge >= 0.3 is 0 Å². The first-order chi connectivity index (χ1) is 12.7. The molecule has 0 fully saturated rings. The fourth-order valence-electron chi connectivity index (χ4n) is 3.43. The maximum atomic E-state index is 12.6. The molecule has 1 unspecified atom stereocenters. The van der Waals surface area contributed by atoms with Crippen LogP contribution < -0.4 is 10.2 Å². The Labute approximate surface area is 152 Å². The summed E-state index contributed by atoms with van der Waals surface area (Å²) in [5.74, 6) is 0.936. The van der Waals surface area contributed by atoms with Crippen molar-refractivity contribution in [2.45, 2.75) is 12.3 Å². The van der Waals surface area contributed by atoms with Gasteiger partial charge in [0.25, 0.3) is 5.91 Å². The van der Waals surface area contributed by atoms with Gasteiger partial charge in [-0.1, -0.05) is 18.2 Å². The standard InChI is InChI=1S/C20H21N5O/c1-24-10-7-16(17-4-2-3-5-18(17)24)13-23-20(26)15-6-8-22-19(12-15)25-11-9-21-14-25/h2-6,8-9,11-12,14,16H,7,10,13H2,1H3,(H,23,26). The van der Waals surface area contributed by atoms with Gasteiger partial charge in [-0.3, -0.25) is 9.36 Å². The van der Waals surface area contributed by atoms with Crippen LogP contribution in [-0.4, -0.2) is 40.6 Å². The maximum absolute atomic E-state index is 12.6. The molecular formula is C20H21N5O. The number of imidazole rings is 1. The van der Waals surface area contributed by atoms with E-state index in [0.717, 1.165) is 13.0 Å². The fourth-order valence-corrected chi connectivity index (χ4v) is 3.43. The summed E-state index contributed by atoms with van der Waals surface area (Å²) >= 11 is 0. The third kappa shape index (κ3) is 3.18. The largest absolute Gasteiger partial charge is 0.374 e. The molecule has 1 atom stereocenters. The minimum atomic E-state index is -0.0785. The van der Waals surface area contributed by atoms with Gasteiger partial charge < -0.3 is 10.2 Å². The minimum absolute atomic E-state index is 0.0785. The third-order valence-corrected chi connectivity index (χ3v) is 4.89. The Kier molecular flexibility index (Phi) is 4.39. The predicted octanol–water partition coefficient (Wildman–Crippen LogP) is 2.62. The number of carbonyl (C=O) groups excluding carboxylic acids is 1. The van der Waals surface area contributed by atoms with Crippen LogP contribution in [0.2, 0.25) is 0 Å². The average molecular weight is 347 g/mol. The monoisotopic (exact) mass is 347 g/mol. The van der Waals surface area contributed by atoms with Crippen molar-refractivity contribution in [3.63, 3.8) is 0 Å². The average Bonchev–Trinajstić information content (AvgIpc) is 3.22. The van der Waals surface area contributed by atoms with E-state index in [2.05, 4.69) is 51.5 Å². The van der Waals surface area contributed by atoms with Crippen LogP contribution in [0.25, 0.3) is 5.82 Å². The Balaban J connectivity index is 1.47. The zero-order valence-corrected chi connectivity index (χ0v) is 14.7. The van der Waals surface area contributed by atoms with Crippen LogP contribution in [0.5, 0.6) is 0 Å². The van der Waals surface area contributed by atoms with Crippen LogP contribution in [0.1, 0.15) is 28.3 Å². The van der Waals surface area contributed by atoms with Crippen LogP contribution in [0.3, 0.4) is 0 Å². The zero-order chi connectivity index (χ0) is 17.9. The molecule has 1 N–H and O–H groups in total. The lowest BCUT2D eigenvalue weighted by molar-refractivity contribution is 0.0950. The highest BCUT2D eigenvalue weighted by Gasteiger charge is 2.23. The summed E-state index contributed by atoms with van der Waals surface area (Å²) in [6, 6.07) is 11.9. The molecule has 2 aromatic heterocycles. The Hall–Kier alpha value is -3.15. The van der Waals surface area contributed by atoms with Crippen molar-refractivity contribution in [3.8, 4) is 5.82 Å². The van der Waals surface area contributed by atoms with Crippen LogP contribution >= 0.6 is 0 Å². The lowest BCUT2D eigenvalue weighted by Gasteiger charge is -2.33. The predicted molar refractivity (Wildman–Crippen MR) is 101 cm³/mol. The van der Waals surface area contributed by atoms with E-state index < -0.39 is 0 Å². The second-order valence-corrected chi connectivity index (χ2v) is 6.55. The Morgan fingerprint density at radius 1 is 1.27 bits per heavy atom. The fraction of sp³-hybridized carbons (Fsp3) is 0.250. The van der Waals surface area contributed by atoms with Crippen molar-refractivity contribution in [2.24, 2.45) is 0 Å². The van der Waals surface area contributed by atoms with Crippen molar-refractivity contribution in [3.05, 3.63) is 72.4 Å². The quantitative estimate of drug-likeness (QED) is 0.788. The number of carbonyl (C=O) groups is 1. The van der Waals surface area contributed by atoms with Crippen LogP contribution in [-0.2, 0) is 0 Å². The summed E-state index contributed by atoms with van der Waals surface area (Å²) < 4.78 is 1.78. The zero-order valence-electron chi connectivity index (χ0n) is 14.7. The molecule has 132 valence electrons. The number of amides is 1. The molecule has 1 aliphatic rings. The van der Waals surface area contributed by atoms with Crippen molar-refractivity contribution in [1.29, 1.82) is 0 Å². The Bertz CT molecular complexity index is 906. The summed E-state index contributed by atoms with van der Waals surface area (Å²) in [5.41, 5.74) is 3.16. The number of anilines is 1. The molecule has 0 saturated carbocycles. The van der Waals surface area contributed by atoms with Crippen LogP contribution in [0, 0.1) is 0 Å². The van der Waals surface area contributed by atoms with Crippen molar-refractivity contribution in [2.75, 3.05) is 25.0 Å². The van der Waals surface area contributed by atoms with E-state index in [0.29, 0.717) is 23.8 Å². The molecule has 1 amide bonds. The molecule has 1 aromatic carbocycles. The van der Waals surface area contributed by atoms with Gasteiger partial charge in [-0.05, 0) is 30.2 Å². The molecule has 0 aliphatic carbocycles. The second kappa shape index (κ2) is 7.00. The summed E-state index contributed by atoms with van der Waals surface area (Å²) in [6.45, 7) is 1.63. The summed E-state index contributed by atoms with van der Waals surface area (Å²) in [4.78, 5) is 23.2. The Morgan fingerprint density at radius 2 is 2.15 bits per heavy atom. The van der Waals surface area contributed by atoms with E-state index in [1.807, 2.05) is 0 Å². The topological polar surface area (TPSA) is 63.1 Å². The number of para-hydroxylation sites is 1. The first-order valence-electron chi connectivity index (χ1n) is 8.75. The molecule has 3 heterocycles. The number of hydrogen-bond acceptors (Lipinski definition) is 4. The van der Waals surface area contributed by atoms with E-state index in [9.17, 15) is 4.79 Å². The number of fused-ring (bicyclic) bond motifs is 1. The third-order valence-electron chi connectivity index (χ3n) is 4.89. The number of aromatic nitrogens is 3. The van der Waals surface area contributed by atoms with E-state index in [1.54, 1.807) is 41.6 Å². The highest BCUT2D eigenvalue weighted by Crippen LogP contribution is 2.33. The number of benzene rings is 1. The first-order valence-corrected chi connectivity index (χ1v) is 8.75. The lowest BCUT2D eigenvalue weighted by atomic mass is 9.90. The highest BCUT2D eigenvalue weighted by molar-refractivity contribution is 5.94. The maximum Gasteiger partial charge on any atom is 0.251 e. The molecular weight excluding hydrogens is 326 g/mol. The normalized spacial score (nSPS) is 16.2. The van der Waals surface area contributed by atoms with E-state index >= 15 is 0 Å². The van der Waals surface area contributed by atoms with E-state index in [4.69, 9.17) is 0 Å². The van der Waals surface area contributed by atoms with Crippen molar-refractivity contribution in [1.82, 2.24) is 19.9 Å². The molecule has 0 saturated heterocycles. The summed E-state index contributed by atoms with van der Waals surface area (Å²) in [7, 11) is 2.11. The molecule has 0 bridgehead atoms. The van der Waals surface area contributed by atoms with Crippen molar-refractivity contribution < 1.29 is 4.79 Å². The molecule has 3 aromatic rings. The van der Waals surface area contributed by atoms with E-state index in [-0.39, 0.29) is 5.91 Å². The summed E-state index contributed by atoms with van der Waals surface area (Å²) in [5, 5.41) is 3.09. The molecule has 6 nitrogen and oxygen atoms in total. The van der Waals surface area contributed by atoms with Crippen LogP contribution in [0.4, 0.5) is 5.69 Å². The van der Waals surface area contributed by atoms with Gasteiger partial charge in [-0.15, -0.1) is 0 Å². The highest BCUT2D eigenvalue weighted by atomic mass is 16.1. The number of rotatable bonds is 4. The number of hydrogen-bond donors (Lipinski definition) is 1. The molecule has 0 radical (unpaired) electrons. The van der Waals surface area contributed by atoms with Crippen molar-refractivity contribution >= 4 is 11.6 Å². The smallest absolute Gasteiger partial charge is 0.251 e. The van der Waals surface area contributed by atoms with Gasteiger partial charge in [-0.25, -0.2) is 9.97 Å². The summed E-state index contributed by atoms with van der Waals surface area (Å²) in [6.07, 6.45) is 7.84. The molecule has 1 aliphatic heterocycles.